The smallest absolute Gasteiger partial charge is 0.236 e. The summed E-state index contributed by atoms with van der Waals surface area (Å²) in [6.07, 6.45) is 8.74. The number of benzene rings is 1. The second-order valence-corrected chi connectivity index (χ2v) is 9.59. The van der Waals surface area contributed by atoms with Gasteiger partial charge in [-0.1, -0.05) is 37.3 Å². The molecule has 2 fully saturated rings. The first-order chi connectivity index (χ1) is 14.6. The topological polar surface area (TPSA) is 49.3 Å². The van der Waals surface area contributed by atoms with Gasteiger partial charge in [0, 0.05) is 30.3 Å². The first kappa shape index (κ1) is 19.7. The number of aromatic nitrogens is 2. The first-order valence-corrected chi connectivity index (χ1v) is 11.5. The minimum absolute atomic E-state index is 0.00608. The molecule has 0 saturated carbocycles. The quantitative estimate of drug-likeness (QED) is 0.783. The molecule has 1 unspecified atom stereocenters. The zero-order valence-corrected chi connectivity index (χ0v) is 18.0. The molecule has 2 saturated heterocycles. The van der Waals surface area contributed by atoms with Crippen molar-refractivity contribution in [2.75, 3.05) is 32.7 Å². The molecule has 5 heteroatoms. The Kier molecular flexibility index (Phi) is 5.32. The van der Waals surface area contributed by atoms with Crippen LogP contribution in [0, 0.1) is 5.92 Å². The van der Waals surface area contributed by atoms with E-state index in [2.05, 4.69) is 33.8 Å². The summed E-state index contributed by atoms with van der Waals surface area (Å²) in [4.78, 5) is 27.3. The van der Waals surface area contributed by atoms with Crippen LogP contribution in [0.25, 0.3) is 11.4 Å². The van der Waals surface area contributed by atoms with Crippen molar-refractivity contribution in [1.82, 2.24) is 19.8 Å². The van der Waals surface area contributed by atoms with Gasteiger partial charge in [-0.25, -0.2) is 9.97 Å². The number of nitrogens with zero attached hydrogens (tertiary/aromatic N) is 4. The van der Waals surface area contributed by atoms with Gasteiger partial charge in [-0.2, -0.15) is 0 Å². The molecule has 1 amide bonds. The lowest BCUT2D eigenvalue weighted by Gasteiger charge is -2.41. The molecular formula is C25H32N4O. The van der Waals surface area contributed by atoms with Crippen LogP contribution in [0.15, 0.2) is 36.5 Å². The molecule has 2 aliphatic heterocycles. The van der Waals surface area contributed by atoms with Crippen LogP contribution in [0.5, 0.6) is 0 Å². The van der Waals surface area contributed by atoms with Gasteiger partial charge >= 0.3 is 0 Å². The zero-order chi connectivity index (χ0) is 20.6. The minimum atomic E-state index is 0.00608. The number of fused-ring (bicyclic) bond motifs is 2. The number of amides is 1. The summed E-state index contributed by atoms with van der Waals surface area (Å²) in [6.45, 7) is 6.71. The van der Waals surface area contributed by atoms with Gasteiger partial charge in [-0.15, -0.1) is 0 Å². The van der Waals surface area contributed by atoms with Crippen LogP contribution < -0.4 is 0 Å². The second-order valence-electron chi connectivity index (χ2n) is 9.59. The second kappa shape index (κ2) is 8.10. The Morgan fingerprint density at radius 2 is 1.93 bits per heavy atom. The maximum Gasteiger partial charge on any atom is 0.236 e. The van der Waals surface area contributed by atoms with Gasteiger partial charge < -0.3 is 4.90 Å². The molecule has 30 heavy (non-hydrogen) atoms. The van der Waals surface area contributed by atoms with E-state index < -0.39 is 0 Å². The van der Waals surface area contributed by atoms with Crippen molar-refractivity contribution < 1.29 is 4.79 Å². The molecule has 1 spiro atoms. The minimum Gasteiger partial charge on any atom is -0.341 e. The number of aryl methyl sites for hydroxylation is 1. The van der Waals surface area contributed by atoms with Crippen molar-refractivity contribution in [2.45, 2.75) is 50.9 Å². The summed E-state index contributed by atoms with van der Waals surface area (Å²) in [5.74, 6) is 1.90. The summed E-state index contributed by atoms with van der Waals surface area (Å²) in [7, 11) is 0. The highest BCUT2D eigenvalue weighted by Crippen LogP contribution is 2.44. The highest BCUT2D eigenvalue weighted by atomic mass is 16.2. The average Bonchev–Trinajstić information content (AvgIpc) is 3.13. The van der Waals surface area contributed by atoms with Gasteiger partial charge in [0.25, 0.3) is 0 Å². The fourth-order valence-electron chi connectivity index (χ4n) is 5.52. The number of rotatable bonds is 3. The number of carbonyl (C=O) groups excluding carboxylic acids is 1. The van der Waals surface area contributed by atoms with Crippen LogP contribution in [0.4, 0.5) is 0 Å². The van der Waals surface area contributed by atoms with Gasteiger partial charge in [-0.3, -0.25) is 9.69 Å². The van der Waals surface area contributed by atoms with E-state index in [1.807, 2.05) is 24.4 Å². The van der Waals surface area contributed by atoms with Crippen molar-refractivity contribution in [1.29, 1.82) is 0 Å². The van der Waals surface area contributed by atoms with E-state index in [0.29, 0.717) is 12.5 Å². The van der Waals surface area contributed by atoms with Crippen LogP contribution in [-0.4, -0.2) is 58.4 Å². The SMILES string of the molecule is CC1CCN(CC(=O)N2CCCC3(CCc4cnc(-c5ccccc5)nc43)C2)CC1. The predicted octanol–water partition coefficient (Wildman–Crippen LogP) is 3.68. The number of hydrogen-bond acceptors (Lipinski definition) is 4. The van der Waals surface area contributed by atoms with Crippen molar-refractivity contribution in [3.63, 3.8) is 0 Å². The van der Waals surface area contributed by atoms with Gasteiger partial charge in [0.15, 0.2) is 5.82 Å². The molecule has 1 aromatic carbocycles. The monoisotopic (exact) mass is 404 g/mol. The lowest BCUT2D eigenvalue weighted by molar-refractivity contribution is -0.135. The third-order valence-electron chi connectivity index (χ3n) is 7.44. The number of hydrogen-bond donors (Lipinski definition) is 0. The van der Waals surface area contributed by atoms with E-state index in [9.17, 15) is 4.79 Å². The Hall–Kier alpha value is -2.27. The summed E-state index contributed by atoms with van der Waals surface area (Å²) < 4.78 is 0. The zero-order valence-electron chi connectivity index (χ0n) is 18.0. The van der Waals surface area contributed by atoms with E-state index >= 15 is 0 Å². The highest BCUT2D eigenvalue weighted by Gasteiger charge is 2.44. The number of carbonyl (C=O) groups is 1. The van der Waals surface area contributed by atoms with E-state index in [1.54, 1.807) is 0 Å². The fourth-order valence-corrected chi connectivity index (χ4v) is 5.52. The summed E-state index contributed by atoms with van der Waals surface area (Å²) in [5.41, 5.74) is 3.53. The fraction of sp³-hybridized carbons (Fsp3) is 0.560. The maximum atomic E-state index is 13.1. The lowest BCUT2D eigenvalue weighted by Crippen LogP contribution is -2.51. The molecule has 3 aliphatic rings. The Balaban J connectivity index is 1.34. The molecule has 0 radical (unpaired) electrons. The van der Waals surface area contributed by atoms with Crippen LogP contribution in [-0.2, 0) is 16.6 Å². The van der Waals surface area contributed by atoms with E-state index in [1.165, 1.54) is 24.1 Å². The summed E-state index contributed by atoms with van der Waals surface area (Å²) in [6, 6.07) is 10.2. The van der Waals surface area contributed by atoms with E-state index in [0.717, 1.165) is 69.2 Å². The van der Waals surface area contributed by atoms with Crippen molar-refractivity contribution >= 4 is 5.91 Å². The van der Waals surface area contributed by atoms with Crippen molar-refractivity contribution in [2.24, 2.45) is 5.92 Å². The molecule has 5 nitrogen and oxygen atoms in total. The molecule has 3 heterocycles. The summed E-state index contributed by atoms with van der Waals surface area (Å²) >= 11 is 0. The van der Waals surface area contributed by atoms with Gasteiger partial charge in [0.2, 0.25) is 5.91 Å². The predicted molar refractivity (Wildman–Crippen MR) is 118 cm³/mol. The molecule has 5 rings (SSSR count). The Bertz CT molecular complexity index is 903. The normalized spacial score (nSPS) is 24.9. The van der Waals surface area contributed by atoms with Crippen molar-refractivity contribution in [3.8, 4) is 11.4 Å². The Morgan fingerprint density at radius 3 is 2.73 bits per heavy atom. The van der Waals surface area contributed by atoms with Gasteiger partial charge in [0.1, 0.15) is 0 Å². The lowest BCUT2D eigenvalue weighted by atomic mass is 9.77. The molecule has 1 atom stereocenters. The molecule has 2 aromatic rings. The molecule has 158 valence electrons. The molecule has 1 aromatic heterocycles. The molecule has 0 N–H and O–H groups in total. The first-order valence-electron chi connectivity index (χ1n) is 11.5. The summed E-state index contributed by atoms with van der Waals surface area (Å²) in [5, 5.41) is 0. The number of piperidine rings is 2. The molecule has 1 aliphatic carbocycles. The Morgan fingerprint density at radius 1 is 1.13 bits per heavy atom. The largest absolute Gasteiger partial charge is 0.341 e. The van der Waals surface area contributed by atoms with Gasteiger partial charge in [0.05, 0.1) is 12.2 Å². The van der Waals surface area contributed by atoms with Crippen LogP contribution in [0.3, 0.4) is 0 Å². The average molecular weight is 405 g/mol. The molecular weight excluding hydrogens is 372 g/mol. The standard InChI is InChI=1S/C25H32N4O/c1-19-9-14-28(15-10-19)17-22(30)29-13-5-11-25(18-29)12-8-21-16-26-24(27-23(21)25)20-6-3-2-4-7-20/h2-4,6-7,16,19H,5,8-15,17-18H2,1H3. The third kappa shape index (κ3) is 3.76. The van der Waals surface area contributed by atoms with Crippen LogP contribution in [0.1, 0.15) is 50.3 Å². The molecule has 0 bridgehead atoms. The Labute approximate surface area is 179 Å². The van der Waals surface area contributed by atoms with Crippen molar-refractivity contribution in [3.05, 3.63) is 47.8 Å². The highest BCUT2D eigenvalue weighted by molar-refractivity contribution is 5.78. The third-order valence-corrected chi connectivity index (χ3v) is 7.44. The van der Waals surface area contributed by atoms with E-state index in [4.69, 9.17) is 4.98 Å². The van der Waals surface area contributed by atoms with Crippen LogP contribution >= 0.6 is 0 Å². The number of likely N-dealkylation sites (tertiary alicyclic amines) is 2. The maximum absolute atomic E-state index is 13.1. The van der Waals surface area contributed by atoms with Gasteiger partial charge in [-0.05, 0) is 63.1 Å². The van der Waals surface area contributed by atoms with E-state index in [-0.39, 0.29) is 5.41 Å². The van der Waals surface area contributed by atoms with Crippen LogP contribution in [0.2, 0.25) is 0 Å².